The van der Waals surface area contributed by atoms with E-state index < -0.39 is 22.7 Å². The van der Waals surface area contributed by atoms with Crippen LogP contribution in [0.1, 0.15) is 15.9 Å². The van der Waals surface area contributed by atoms with Gasteiger partial charge in [0.25, 0.3) is 5.91 Å². The van der Waals surface area contributed by atoms with Gasteiger partial charge in [0.05, 0.1) is 15.3 Å². The van der Waals surface area contributed by atoms with Crippen LogP contribution in [0.4, 0.5) is 18.9 Å². The zero-order valence-corrected chi connectivity index (χ0v) is 12.8. The van der Waals surface area contributed by atoms with Crippen molar-refractivity contribution in [2.45, 2.75) is 6.18 Å². The van der Waals surface area contributed by atoms with E-state index in [9.17, 15) is 18.0 Å². The molecule has 0 saturated carbocycles. The maximum atomic E-state index is 12.8. The molecule has 0 aliphatic carbocycles. The topological polar surface area (TPSA) is 54.9 Å². The monoisotopic (exact) mass is 357 g/mol. The second-order valence-electron chi connectivity index (χ2n) is 4.60. The van der Waals surface area contributed by atoms with Crippen LogP contribution in [0.5, 0.6) is 0 Å². The summed E-state index contributed by atoms with van der Waals surface area (Å²) in [5.41, 5.74) is -0.0437. The Bertz CT molecular complexity index is 894. The maximum Gasteiger partial charge on any atom is 0.417 e. The quantitative estimate of drug-likeness (QED) is 0.728. The molecule has 1 amide bonds. The van der Waals surface area contributed by atoms with E-state index >= 15 is 0 Å². The molecule has 4 nitrogen and oxygen atoms in total. The molecule has 1 aromatic heterocycles. The van der Waals surface area contributed by atoms with E-state index in [2.05, 4.69) is 14.9 Å². The molecule has 0 radical (unpaired) electrons. The number of amides is 1. The zero-order chi connectivity index (χ0) is 16.6. The van der Waals surface area contributed by atoms with Crippen molar-refractivity contribution in [1.29, 1.82) is 0 Å². The Morgan fingerprint density at radius 1 is 1.17 bits per heavy atom. The van der Waals surface area contributed by atoms with Crippen molar-refractivity contribution in [3.63, 3.8) is 0 Å². The molecule has 0 atom stereocenters. The van der Waals surface area contributed by atoms with Crippen LogP contribution in [0.3, 0.4) is 0 Å². The van der Waals surface area contributed by atoms with Gasteiger partial charge in [0.15, 0.2) is 0 Å². The summed E-state index contributed by atoms with van der Waals surface area (Å²) in [6.07, 6.45) is -4.59. The summed E-state index contributed by atoms with van der Waals surface area (Å²) in [5, 5.41) is 5.85. The Kier molecular flexibility index (Phi) is 3.95. The molecule has 2 aromatic carbocycles. The van der Waals surface area contributed by atoms with Crippen molar-refractivity contribution < 1.29 is 18.0 Å². The van der Waals surface area contributed by atoms with Gasteiger partial charge in [-0.1, -0.05) is 16.1 Å². The van der Waals surface area contributed by atoms with E-state index in [0.717, 1.165) is 23.7 Å². The fourth-order valence-electron chi connectivity index (χ4n) is 1.94. The third-order valence-corrected chi connectivity index (χ3v) is 4.06. The lowest BCUT2D eigenvalue weighted by Crippen LogP contribution is -2.13. The molecule has 3 aromatic rings. The lowest BCUT2D eigenvalue weighted by Gasteiger charge is -2.11. The Morgan fingerprint density at radius 3 is 2.70 bits per heavy atom. The number of carbonyl (C=O) groups excluding carboxylic acids is 1. The molecular formula is C14H7ClF3N3OS. The highest BCUT2D eigenvalue weighted by atomic mass is 35.5. The largest absolute Gasteiger partial charge is 0.417 e. The van der Waals surface area contributed by atoms with Gasteiger partial charge in [-0.05, 0) is 47.9 Å². The summed E-state index contributed by atoms with van der Waals surface area (Å²) in [6.45, 7) is 0. The Balaban J connectivity index is 1.87. The number of benzene rings is 2. The standard InChI is InChI=1S/C14H7ClF3N3OS/c15-10-3-2-8(6-9(10)14(16,17)18)19-13(22)7-1-4-11-12(5-7)23-21-20-11/h1-6H,(H,19,22). The second kappa shape index (κ2) is 5.78. The lowest BCUT2D eigenvalue weighted by atomic mass is 10.1. The molecule has 0 bridgehead atoms. The smallest absolute Gasteiger partial charge is 0.322 e. The van der Waals surface area contributed by atoms with Crippen LogP contribution in [-0.2, 0) is 6.18 Å². The highest BCUT2D eigenvalue weighted by molar-refractivity contribution is 7.12. The summed E-state index contributed by atoms with van der Waals surface area (Å²) < 4.78 is 42.9. The highest BCUT2D eigenvalue weighted by Gasteiger charge is 2.33. The molecule has 1 heterocycles. The van der Waals surface area contributed by atoms with Crippen LogP contribution >= 0.6 is 23.1 Å². The van der Waals surface area contributed by atoms with Gasteiger partial charge in [-0.3, -0.25) is 4.79 Å². The fourth-order valence-corrected chi connectivity index (χ4v) is 2.77. The summed E-state index contributed by atoms with van der Waals surface area (Å²) in [6, 6.07) is 7.93. The predicted molar refractivity (Wildman–Crippen MR) is 81.8 cm³/mol. The number of alkyl halides is 3. The second-order valence-corrected chi connectivity index (χ2v) is 5.79. The van der Waals surface area contributed by atoms with E-state index in [0.29, 0.717) is 15.8 Å². The number of rotatable bonds is 2. The summed E-state index contributed by atoms with van der Waals surface area (Å²) in [5.74, 6) is -0.532. The molecule has 0 aliphatic rings. The van der Waals surface area contributed by atoms with Gasteiger partial charge < -0.3 is 5.32 Å². The molecule has 0 fully saturated rings. The van der Waals surface area contributed by atoms with Crippen LogP contribution in [0.2, 0.25) is 5.02 Å². The summed E-state index contributed by atoms with van der Waals surface area (Å²) in [7, 11) is 0. The van der Waals surface area contributed by atoms with Gasteiger partial charge >= 0.3 is 6.18 Å². The summed E-state index contributed by atoms with van der Waals surface area (Å²) in [4.78, 5) is 12.2. The van der Waals surface area contributed by atoms with Gasteiger partial charge in [0.2, 0.25) is 0 Å². The number of aromatic nitrogens is 2. The van der Waals surface area contributed by atoms with Crippen LogP contribution < -0.4 is 5.32 Å². The van der Waals surface area contributed by atoms with Crippen molar-refractivity contribution >= 4 is 44.9 Å². The Hall–Kier alpha value is -2.19. The minimum atomic E-state index is -4.59. The predicted octanol–water partition coefficient (Wildman–Crippen LogP) is 4.62. The number of halogens is 4. The minimum Gasteiger partial charge on any atom is -0.322 e. The fraction of sp³-hybridized carbons (Fsp3) is 0.0714. The molecule has 118 valence electrons. The minimum absolute atomic E-state index is 0.00857. The average Bonchev–Trinajstić information content (AvgIpc) is 2.95. The van der Waals surface area contributed by atoms with Gasteiger partial charge in [0.1, 0.15) is 5.52 Å². The molecule has 1 N–H and O–H groups in total. The van der Waals surface area contributed by atoms with Crippen molar-refractivity contribution in [2.24, 2.45) is 0 Å². The SMILES string of the molecule is O=C(Nc1ccc(Cl)c(C(F)(F)F)c1)c1ccc2nnsc2c1. The number of carbonyl (C=O) groups is 1. The first-order chi connectivity index (χ1) is 10.8. The van der Waals surface area contributed by atoms with Gasteiger partial charge in [0, 0.05) is 11.3 Å². The first-order valence-corrected chi connectivity index (χ1v) is 7.40. The summed E-state index contributed by atoms with van der Waals surface area (Å²) >= 11 is 6.67. The Morgan fingerprint density at radius 2 is 1.96 bits per heavy atom. The number of anilines is 1. The molecule has 0 unspecified atom stereocenters. The van der Waals surface area contributed by atoms with E-state index in [4.69, 9.17) is 11.6 Å². The third kappa shape index (κ3) is 3.27. The number of hydrogen-bond acceptors (Lipinski definition) is 4. The van der Waals surface area contributed by atoms with Crippen molar-refractivity contribution in [2.75, 3.05) is 5.32 Å². The first-order valence-electron chi connectivity index (χ1n) is 6.25. The van der Waals surface area contributed by atoms with Gasteiger partial charge in [-0.15, -0.1) is 5.10 Å². The lowest BCUT2D eigenvalue weighted by molar-refractivity contribution is -0.137. The zero-order valence-electron chi connectivity index (χ0n) is 11.2. The molecule has 0 saturated heterocycles. The molecule has 23 heavy (non-hydrogen) atoms. The van der Waals surface area contributed by atoms with E-state index in [-0.39, 0.29) is 5.69 Å². The van der Waals surface area contributed by atoms with E-state index in [1.807, 2.05) is 0 Å². The highest BCUT2D eigenvalue weighted by Crippen LogP contribution is 2.36. The molecule has 9 heteroatoms. The maximum absolute atomic E-state index is 12.8. The normalized spacial score (nSPS) is 11.7. The number of hydrogen-bond donors (Lipinski definition) is 1. The first kappa shape index (κ1) is 15.7. The third-order valence-electron chi connectivity index (χ3n) is 3.04. The number of nitrogens with one attached hydrogen (secondary N) is 1. The van der Waals surface area contributed by atoms with Crippen molar-refractivity contribution in [3.8, 4) is 0 Å². The molecule has 3 rings (SSSR count). The molecule has 0 aliphatic heterocycles. The van der Waals surface area contributed by atoms with Crippen LogP contribution in [0.25, 0.3) is 10.2 Å². The average molecular weight is 358 g/mol. The van der Waals surface area contributed by atoms with E-state index in [1.54, 1.807) is 12.1 Å². The van der Waals surface area contributed by atoms with Crippen molar-refractivity contribution in [3.05, 3.63) is 52.5 Å². The molecule has 0 spiro atoms. The van der Waals surface area contributed by atoms with Crippen LogP contribution in [0.15, 0.2) is 36.4 Å². The Labute approximate surface area is 137 Å². The number of nitrogens with zero attached hydrogens (tertiary/aromatic N) is 2. The van der Waals surface area contributed by atoms with Crippen LogP contribution in [0, 0.1) is 0 Å². The van der Waals surface area contributed by atoms with Gasteiger partial charge in [-0.25, -0.2) is 0 Å². The van der Waals surface area contributed by atoms with Crippen molar-refractivity contribution in [1.82, 2.24) is 9.59 Å². The van der Waals surface area contributed by atoms with Gasteiger partial charge in [-0.2, -0.15) is 13.2 Å². The number of fused-ring (bicyclic) bond motifs is 1. The van der Waals surface area contributed by atoms with Crippen LogP contribution in [-0.4, -0.2) is 15.5 Å². The van der Waals surface area contributed by atoms with E-state index in [1.165, 1.54) is 12.1 Å². The molecular weight excluding hydrogens is 351 g/mol.